The standard InChI is InChI=1S/C13H24N2O2S/c1-17-6-5-15(12-3-7-18-10-12)13(16)8-11-2-4-14-9-11/h11-12,14H,2-10H2,1H3. The number of amides is 1. The van der Waals surface area contributed by atoms with E-state index in [1.165, 1.54) is 5.75 Å². The SMILES string of the molecule is COCCN(C(=O)CC1CCNC1)C1CCSC1. The average molecular weight is 272 g/mol. The molecule has 2 saturated heterocycles. The molecule has 104 valence electrons. The van der Waals surface area contributed by atoms with E-state index in [0.29, 0.717) is 30.9 Å². The minimum absolute atomic E-state index is 0.327. The highest BCUT2D eigenvalue weighted by Crippen LogP contribution is 2.24. The number of hydrogen-bond acceptors (Lipinski definition) is 4. The molecule has 0 radical (unpaired) electrons. The summed E-state index contributed by atoms with van der Waals surface area (Å²) in [5, 5.41) is 3.33. The monoisotopic (exact) mass is 272 g/mol. The van der Waals surface area contributed by atoms with Gasteiger partial charge in [0.25, 0.3) is 0 Å². The van der Waals surface area contributed by atoms with Gasteiger partial charge in [-0.1, -0.05) is 0 Å². The number of methoxy groups -OCH3 is 1. The van der Waals surface area contributed by atoms with E-state index in [9.17, 15) is 4.79 Å². The van der Waals surface area contributed by atoms with Crippen molar-refractivity contribution in [2.24, 2.45) is 5.92 Å². The van der Waals surface area contributed by atoms with Crippen LogP contribution in [0.15, 0.2) is 0 Å². The number of carbonyl (C=O) groups is 1. The van der Waals surface area contributed by atoms with Gasteiger partial charge in [-0.3, -0.25) is 4.79 Å². The summed E-state index contributed by atoms with van der Waals surface area (Å²) in [6.45, 7) is 3.47. The maximum absolute atomic E-state index is 12.4. The second-order valence-corrected chi connectivity index (χ2v) is 6.31. The van der Waals surface area contributed by atoms with Crippen LogP contribution in [0.5, 0.6) is 0 Å². The number of nitrogens with zero attached hydrogens (tertiary/aromatic N) is 1. The Morgan fingerprint density at radius 2 is 2.39 bits per heavy atom. The molecule has 1 amide bonds. The van der Waals surface area contributed by atoms with Crippen LogP contribution in [0.2, 0.25) is 0 Å². The quantitative estimate of drug-likeness (QED) is 0.782. The topological polar surface area (TPSA) is 41.6 Å². The zero-order valence-corrected chi connectivity index (χ0v) is 12.0. The number of nitrogens with one attached hydrogen (secondary N) is 1. The van der Waals surface area contributed by atoms with Gasteiger partial charge < -0.3 is 15.0 Å². The van der Waals surface area contributed by atoms with Crippen molar-refractivity contribution in [1.29, 1.82) is 0 Å². The van der Waals surface area contributed by atoms with Crippen LogP contribution in [0, 0.1) is 5.92 Å². The van der Waals surface area contributed by atoms with Crippen LogP contribution in [0.1, 0.15) is 19.3 Å². The maximum atomic E-state index is 12.4. The molecule has 2 atom stereocenters. The van der Waals surface area contributed by atoms with Crippen molar-refractivity contribution in [2.45, 2.75) is 25.3 Å². The smallest absolute Gasteiger partial charge is 0.223 e. The minimum atomic E-state index is 0.327. The van der Waals surface area contributed by atoms with E-state index in [-0.39, 0.29) is 0 Å². The molecule has 0 bridgehead atoms. The number of rotatable bonds is 6. The molecule has 2 aliphatic rings. The molecule has 2 aliphatic heterocycles. The second-order valence-electron chi connectivity index (χ2n) is 5.16. The highest BCUT2D eigenvalue weighted by molar-refractivity contribution is 7.99. The molecule has 18 heavy (non-hydrogen) atoms. The highest BCUT2D eigenvalue weighted by Gasteiger charge is 2.28. The largest absolute Gasteiger partial charge is 0.383 e. The average Bonchev–Trinajstić information content (AvgIpc) is 3.02. The normalized spacial score (nSPS) is 27.6. The zero-order chi connectivity index (χ0) is 12.8. The third-order valence-corrected chi connectivity index (χ3v) is 4.97. The molecule has 4 nitrogen and oxygen atoms in total. The predicted molar refractivity (Wildman–Crippen MR) is 74.9 cm³/mol. The molecule has 0 spiro atoms. The van der Waals surface area contributed by atoms with Gasteiger partial charge in [0, 0.05) is 31.9 Å². The van der Waals surface area contributed by atoms with Gasteiger partial charge in [-0.15, -0.1) is 0 Å². The minimum Gasteiger partial charge on any atom is -0.383 e. The van der Waals surface area contributed by atoms with Crippen LogP contribution in [-0.4, -0.2) is 61.7 Å². The lowest BCUT2D eigenvalue weighted by Crippen LogP contribution is -2.43. The second kappa shape index (κ2) is 7.36. The predicted octanol–water partition coefficient (Wildman–Crippen LogP) is 0.966. The van der Waals surface area contributed by atoms with E-state index in [2.05, 4.69) is 10.2 Å². The summed E-state index contributed by atoms with van der Waals surface area (Å²) in [7, 11) is 1.70. The summed E-state index contributed by atoms with van der Waals surface area (Å²) in [5.41, 5.74) is 0. The highest BCUT2D eigenvalue weighted by atomic mass is 32.2. The third kappa shape index (κ3) is 3.87. The van der Waals surface area contributed by atoms with Gasteiger partial charge in [-0.25, -0.2) is 0 Å². The first-order valence-electron chi connectivity index (χ1n) is 6.88. The van der Waals surface area contributed by atoms with Gasteiger partial charge >= 0.3 is 0 Å². The number of thioether (sulfide) groups is 1. The van der Waals surface area contributed by atoms with Gasteiger partial charge in [-0.05, 0) is 37.6 Å². The van der Waals surface area contributed by atoms with E-state index < -0.39 is 0 Å². The fourth-order valence-electron chi connectivity index (χ4n) is 2.72. The fraction of sp³-hybridized carbons (Fsp3) is 0.923. The molecule has 0 aromatic rings. The van der Waals surface area contributed by atoms with Gasteiger partial charge in [0.15, 0.2) is 0 Å². The molecule has 2 unspecified atom stereocenters. The summed E-state index contributed by atoms with van der Waals surface area (Å²) >= 11 is 1.96. The number of ether oxygens (including phenoxy) is 1. The van der Waals surface area contributed by atoms with Gasteiger partial charge in [0.1, 0.15) is 0 Å². The lowest BCUT2D eigenvalue weighted by molar-refractivity contribution is -0.134. The molecular formula is C13H24N2O2S. The molecule has 2 heterocycles. The van der Waals surface area contributed by atoms with Crippen LogP contribution in [-0.2, 0) is 9.53 Å². The van der Waals surface area contributed by atoms with Crippen LogP contribution >= 0.6 is 11.8 Å². The van der Waals surface area contributed by atoms with Crippen LogP contribution in [0.3, 0.4) is 0 Å². The van der Waals surface area contributed by atoms with Crippen LogP contribution in [0.4, 0.5) is 0 Å². The Hall–Kier alpha value is -0.260. The summed E-state index contributed by atoms with van der Waals surface area (Å²) in [4.78, 5) is 14.5. The first-order valence-corrected chi connectivity index (χ1v) is 8.03. The Morgan fingerprint density at radius 1 is 1.50 bits per heavy atom. The van der Waals surface area contributed by atoms with Crippen molar-refractivity contribution in [3.05, 3.63) is 0 Å². The van der Waals surface area contributed by atoms with Crippen molar-refractivity contribution >= 4 is 17.7 Å². The van der Waals surface area contributed by atoms with Crippen molar-refractivity contribution in [2.75, 3.05) is 44.9 Å². The van der Waals surface area contributed by atoms with Crippen molar-refractivity contribution in [3.8, 4) is 0 Å². The lowest BCUT2D eigenvalue weighted by Gasteiger charge is -2.29. The van der Waals surface area contributed by atoms with Gasteiger partial charge in [-0.2, -0.15) is 11.8 Å². The third-order valence-electron chi connectivity index (χ3n) is 3.83. The Bertz CT molecular complexity index is 264. The van der Waals surface area contributed by atoms with Gasteiger partial charge in [0.05, 0.1) is 6.61 Å². The van der Waals surface area contributed by atoms with Crippen molar-refractivity contribution in [3.63, 3.8) is 0 Å². The Labute approximate surface area is 114 Å². The van der Waals surface area contributed by atoms with E-state index in [1.807, 2.05) is 11.8 Å². The van der Waals surface area contributed by atoms with E-state index in [0.717, 1.165) is 38.2 Å². The molecule has 5 heteroatoms. The zero-order valence-electron chi connectivity index (χ0n) is 11.2. The van der Waals surface area contributed by atoms with Crippen LogP contribution < -0.4 is 5.32 Å². The van der Waals surface area contributed by atoms with Crippen molar-refractivity contribution in [1.82, 2.24) is 10.2 Å². The summed E-state index contributed by atoms with van der Waals surface area (Å²) < 4.78 is 5.14. The Kier molecular flexibility index (Phi) is 5.79. The summed E-state index contributed by atoms with van der Waals surface area (Å²) in [5.74, 6) is 3.15. The Morgan fingerprint density at radius 3 is 3.00 bits per heavy atom. The molecule has 1 N–H and O–H groups in total. The molecule has 0 aliphatic carbocycles. The first-order chi connectivity index (χ1) is 8.81. The molecule has 2 rings (SSSR count). The summed E-state index contributed by atoms with van der Waals surface area (Å²) in [6, 6.07) is 0.437. The molecule has 0 aromatic carbocycles. The lowest BCUT2D eigenvalue weighted by atomic mass is 10.0. The maximum Gasteiger partial charge on any atom is 0.223 e. The Balaban J connectivity index is 1.86. The fourth-order valence-corrected chi connectivity index (χ4v) is 3.95. The molecule has 0 aromatic heterocycles. The van der Waals surface area contributed by atoms with E-state index in [4.69, 9.17) is 4.74 Å². The molecule has 2 fully saturated rings. The molecular weight excluding hydrogens is 248 g/mol. The van der Waals surface area contributed by atoms with Gasteiger partial charge in [0.2, 0.25) is 5.91 Å². The van der Waals surface area contributed by atoms with Crippen molar-refractivity contribution < 1.29 is 9.53 Å². The number of hydrogen-bond donors (Lipinski definition) is 1. The van der Waals surface area contributed by atoms with E-state index in [1.54, 1.807) is 7.11 Å². The molecule has 0 saturated carbocycles. The summed E-state index contributed by atoms with van der Waals surface area (Å²) in [6.07, 6.45) is 2.99. The number of carbonyl (C=O) groups excluding carboxylic acids is 1. The van der Waals surface area contributed by atoms with E-state index >= 15 is 0 Å². The van der Waals surface area contributed by atoms with Crippen LogP contribution in [0.25, 0.3) is 0 Å². The first kappa shape index (κ1) is 14.2.